The SMILES string of the molecule is CC(N=C(N)NC(C)(C)C)c1ccncc1. The summed E-state index contributed by atoms with van der Waals surface area (Å²) in [5.41, 5.74) is 6.86. The number of rotatable bonds is 2. The molecule has 0 amide bonds. The van der Waals surface area contributed by atoms with Crippen LogP contribution in [-0.2, 0) is 0 Å². The topological polar surface area (TPSA) is 63.3 Å². The van der Waals surface area contributed by atoms with Crippen molar-refractivity contribution < 1.29 is 0 Å². The molecule has 0 aromatic carbocycles. The Morgan fingerprint density at radius 2 is 1.94 bits per heavy atom. The Morgan fingerprint density at radius 1 is 1.38 bits per heavy atom. The number of nitrogens with zero attached hydrogens (tertiary/aromatic N) is 2. The standard InChI is InChI=1S/C12H20N4/c1-9(10-5-7-14-8-6-10)15-11(13)16-12(2,3)4/h5-9H,1-4H3,(H3,13,15,16). The van der Waals surface area contributed by atoms with Crippen LogP contribution in [0.25, 0.3) is 0 Å². The monoisotopic (exact) mass is 220 g/mol. The zero-order valence-corrected chi connectivity index (χ0v) is 10.4. The molecule has 0 saturated carbocycles. The zero-order valence-electron chi connectivity index (χ0n) is 10.4. The third-order valence-corrected chi connectivity index (χ3v) is 2.02. The minimum atomic E-state index is -0.0639. The second kappa shape index (κ2) is 4.96. The minimum absolute atomic E-state index is 0.0397. The van der Waals surface area contributed by atoms with Crippen molar-refractivity contribution in [3.05, 3.63) is 30.1 Å². The van der Waals surface area contributed by atoms with Crippen LogP contribution in [0.2, 0.25) is 0 Å². The van der Waals surface area contributed by atoms with E-state index >= 15 is 0 Å². The first-order valence-corrected chi connectivity index (χ1v) is 5.40. The lowest BCUT2D eigenvalue weighted by Crippen LogP contribution is -2.45. The summed E-state index contributed by atoms with van der Waals surface area (Å²) in [6, 6.07) is 3.93. The molecule has 1 rings (SSSR count). The van der Waals surface area contributed by atoms with E-state index in [1.54, 1.807) is 12.4 Å². The highest BCUT2D eigenvalue weighted by Gasteiger charge is 2.11. The van der Waals surface area contributed by atoms with Gasteiger partial charge in [-0.15, -0.1) is 0 Å². The molecule has 4 nitrogen and oxygen atoms in total. The van der Waals surface area contributed by atoms with Crippen molar-refractivity contribution in [2.45, 2.75) is 39.3 Å². The molecule has 0 saturated heterocycles. The van der Waals surface area contributed by atoms with Gasteiger partial charge in [-0.3, -0.25) is 4.98 Å². The number of aliphatic imine (C=N–C) groups is 1. The number of nitrogens with two attached hydrogens (primary N) is 1. The van der Waals surface area contributed by atoms with Gasteiger partial charge in [-0.1, -0.05) is 0 Å². The number of aromatic nitrogens is 1. The molecule has 1 heterocycles. The number of pyridine rings is 1. The third-order valence-electron chi connectivity index (χ3n) is 2.02. The van der Waals surface area contributed by atoms with E-state index in [0.29, 0.717) is 5.96 Å². The number of hydrogen-bond donors (Lipinski definition) is 2. The lowest BCUT2D eigenvalue weighted by atomic mass is 10.1. The maximum atomic E-state index is 5.82. The highest BCUT2D eigenvalue weighted by atomic mass is 15.1. The predicted octanol–water partition coefficient (Wildman–Crippen LogP) is 1.85. The molecule has 16 heavy (non-hydrogen) atoms. The van der Waals surface area contributed by atoms with Crippen LogP contribution in [0.4, 0.5) is 0 Å². The van der Waals surface area contributed by atoms with E-state index in [-0.39, 0.29) is 11.6 Å². The lowest BCUT2D eigenvalue weighted by molar-refractivity contribution is 0.507. The first kappa shape index (κ1) is 12.5. The van der Waals surface area contributed by atoms with Gasteiger partial charge in [-0.2, -0.15) is 0 Å². The molecule has 1 aromatic rings. The second-order valence-electron chi connectivity index (χ2n) is 4.85. The molecular weight excluding hydrogens is 200 g/mol. The van der Waals surface area contributed by atoms with Crippen LogP contribution in [0, 0.1) is 0 Å². The summed E-state index contributed by atoms with van der Waals surface area (Å²) in [5.74, 6) is 0.469. The molecule has 3 N–H and O–H groups in total. The highest BCUT2D eigenvalue weighted by Crippen LogP contribution is 2.14. The summed E-state index contributed by atoms with van der Waals surface area (Å²) in [5, 5.41) is 3.13. The molecule has 0 bridgehead atoms. The molecular formula is C12H20N4. The van der Waals surface area contributed by atoms with Gasteiger partial charge in [0.2, 0.25) is 0 Å². The normalized spacial score (nSPS) is 14.6. The van der Waals surface area contributed by atoms with Gasteiger partial charge in [-0.25, -0.2) is 4.99 Å². The molecule has 0 radical (unpaired) electrons. The van der Waals surface area contributed by atoms with Gasteiger partial charge in [0.05, 0.1) is 6.04 Å². The Kier molecular flexibility index (Phi) is 3.88. The quantitative estimate of drug-likeness (QED) is 0.590. The average Bonchev–Trinajstić information content (AvgIpc) is 2.16. The second-order valence-corrected chi connectivity index (χ2v) is 4.85. The van der Waals surface area contributed by atoms with Crippen LogP contribution in [-0.4, -0.2) is 16.5 Å². The minimum Gasteiger partial charge on any atom is -0.370 e. The van der Waals surface area contributed by atoms with E-state index < -0.39 is 0 Å². The van der Waals surface area contributed by atoms with E-state index in [4.69, 9.17) is 5.73 Å². The molecule has 1 atom stereocenters. The fourth-order valence-electron chi connectivity index (χ4n) is 1.34. The van der Waals surface area contributed by atoms with Crippen molar-refractivity contribution >= 4 is 5.96 Å². The first-order chi connectivity index (χ1) is 7.38. The Bertz CT molecular complexity index is 351. The predicted molar refractivity (Wildman–Crippen MR) is 67.2 cm³/mol. The molecule has 0 aliphatic heterocycles. The van der Waals surface area contributed by atoms with E-state index in [1.807, 2.05) is 39.8 Å². The van der Waals surface area contributed by atoms with E-state index in [0.717, 1.165) is 5.56 Å². The summed E-state index contributed by atoms with van der Waals surface area (Å²) in [6.45, 7) is 8.15. The molecule has 0 spiro atoms. The van der Waals surface area contributed by atoms with Crippen molar-refractivity contribution in [3.8, 4) is 0 Å². The largest absolute Gasteiger partial charge is 0.370 e. The summed E-state index contributed by atoms with van der Waals surface area (Å²) < 4.78 is 0. The molecule has 4 heteroatoms. The van der Waals surface area contributed by atoms with Gasteiger partial charge in [0.1, 0.15) is 0 Å². The summed E-state index contributed by atoms with van der Waals surface area (Å²) >= 11 is 0. The van der Waals surface area contributed by atoms with Gasteiger partial charge in [0, 0.05) is 17.9 Å². The molecule has 88 valence electrons. The van der Waals surface area contributed by atoms with E-state index in [2.05, 4.69) is 15.3 Å². The van der Waals surface area contributed by atoms with Crippen molar-refractivity contribution in [2.24, 2.45) is 10.7 Å². The Hall–Kier alpha value is -1.58. The van der Waals surface area contributed by atoms with Gasteiger partial charge in [0.15, 0.2) is 5.96 Å². The average molecular weight is 220 g/mol. The fraction of sp³-hybridized carbons (Fsp3) is 0.500. The van der Waals surface area contributed by atoms with Crippen molar-refractivity contribution in [2.75, 3.05) is 0 Å². The third kappa shape index (κ3) is 4.29. The van der Waals surface area contributed by atoms with Crippen molar-refractivity contribution in [3.63, 3.8) is 0 Å². The molecule has 1 unspecified atom stereocenters. The lowest BCUT2D eigenvalue weighted by Gasteiger charge is -2.21. The van der Waals surface area contributed by atoms with Gasteiger partial charge in [0.25, 0.3) is 0 Å². The molecule has 1 aromatic heterocycles. The van der Waals surface area contributed by atoms with Crippen LogP contribution in [0.3, 0.4) is 0 Å². The van der Waals surface area contributed by atoms with Crippen LogP contribution in [0.1, 0.15) is 39.3 Å². The van der Waals surface area contributed by atoms with E-state index in [1.165, 1.54) is 0 Å². The van der Waals surface area contributed by atoms with Gasteiger partial charge in [-0.05, 0) is 45.4 Å². The van der Waals surface area contributed by atoms with Gasteiger partial charge >= 0.3 is 0 Å². The van der Waals surface area contributed by atoms with Crippen LogP contribution in [0.5, 0.6) is 0 Å². The van der Waals surface area contributed by atoms with E-state index in [9.17, 15) is 0 Å². The van der Waals surface area contributed by atoms with Crippen molar-refractivity contribution in [1.29, 1.82) is 0 Å². The zero-order chi connectivity index (χ0) is 12.2. The van der Waals surface area contributed by atoms with Gasteiger partial charge < -0.3 is 11.1 Å². The molecule has 0 aliphatic rings. The summed E-state index contributed by atoms with van der Waals surface area (Å²) in [4.78, 5) is 8.36. The number of guanidine groups is 1. The maximum absolute atomic E-state index is 5.82. The Labute approximate surface area is 97.0 Å². The summed E-state index contributed by atoms with van der Waals surface area (Å²) in [6.07, 6.45) is 3.52. The number of hydrogen-bond acceptors (Lipinski definition) is 2. The highest BCUT2D eigenvalue weighted by molar-refractivity contribution is 5.78. The summed E-state index contributed by atoms with van der Waals surface area (Å²) in [7, 11) is 0. The molecule has 0 aliphatic carbocycles. The van der Waals surface area contributed by atoms with Crippen LogP contribution in [0.15, 0.2) is 29.5 Å². The smallest absolute Gasteiger partial charge is 0.189 e. The van der Waals surface area contributed by atoms with Crippen LogP contribution < -0.4 is 11.1 Å². The maximum Gasteiger partial charge on any atom is 0.189 e. The first-order valence-electron chi connectivity index (χ1n) is 5.40. The van der Waals surface area contributed by atoms with Crippen molar-refractivity contribution in [1.82, 2.24) is 10.3 Å². The Morgan fingerprint density at radius 3 is 2.44 bits per heavy atom. The fourth-order valence-corrected chi connectivity index (χ4v) is 1.34. The Balaban J connectivity index is 2.70. The number of nitrogens with one attached hydrogen (secondary N) is 1. The van der Waals surface area contributed by atoms with Crippen LogP contribution >= 0.6 is 0 Å². The molecule has 0 fully saturated rings.